The number of nitriles is 1. The summed E-state index contributed by atoms with van der Waals surface area (Å²) < 4.78 is 13.9. The van der Waals surface area contributed by atoms with Gasteiger partial charge in [-0.15, -0.1) is 0 Å². The monoisotopic (exact) mass is 266 g/mol. The van der Waals surface area contributed by atoms with E-state index in [1.807, 2.05) is 19.1 Å². The highest BCUT2D eigenvalue weighted by atomic mass is 19.1. The summed E-state index contributed by atoms with van der Waals surface area (Å²) in [6.45, 7) is 1.89. The average Bonchev–Trinajstić information content (AvgIpc) is 2.71. The molecule has 1 aliphatic rings. The van der Waals surface area contributed by atoms with Gasteiger partial charge < -0.3 is 0 Å². The molecule has 1 atom stereocenters. The highest BCUT2D eigenvalue weighted by Crippen LogP contribution is 2.38. The van der Waals surface area contributed by atoms with Crippen LogP contribution < -0.4 is 4.90 Å². The van der Waals surface area contributed by atoms with Gasteiger partial charge in [-0.3, -0.25) is 9.69 Å². The second-order valence-electron chi connectivity index (χ2n) is 4.75. The molecule has 1 aliphatic heterocycles. The van der Waals surface area contributed by atoms with Gasteiger partial charge in [0.15, 0.2) is 6.04 Å². The quantitative estimate of drug-likeness (QED) is 0.794. The maximum absolute atomic E-state index is 13.9. The number of rotatable bonds is 1. The molecule has 0 bridgehead atoms. The van der Waals surface area contributed by atoms with Gasteiger partial charge in [-0.2, -0.15) is 5.26 Å². The van der Waals surface area contributed by atoms with Crippen molar-refractivity contribution < 1.29 is 9.18 Å². The molecule has 0 aliphatic carbocycles. The largest absolute Gasteiger partial charge is 0.285 e. The first-order valence-corrected chi connectivity index (χ1v) is 6.21. The van der Waals surface area contributed by atoms with Crippen LogP contribution in [0.25, 0.3) is 0 Å². The van der Waals surface area contributed by atoms with Gasteiger partial charge in [0.2, 0.25) is 0 Å². The van der Waals surface area contributed by atoms with Gasteiger partial charge in [0, 0.05) is 11.1 Å². The van der Waals surface area contributed by atoms with Gasteiger partial charge in [-0.05, 0) is 25.1 Å². The maximum Gasteiger partial charge on any atom is 0.260 e. The molecule has 1 heterocycles. The number of benzene rings is 2. The summed E-state index contributed by atoms with van der Waals surface area (Å²) in [5.41, 5.74) is 2.20. The second-order valence-corrected chi connectivity index (χ2v) is 4.75. The summed E-state index contributed by atoms with van der Waals surface area (Å²) in [4.78, 5) is 13.7. The van der Waals surface area contributed by atoms with Crippen molar-refractivity contribution in [1.82, 2.24) is 0 Å². The van der Waals surface area contributed by atoms with Crippen molar-refractivity contribution in [1.29, 1.82) is 5.26 Å². The van der Waals surface area contributed by atoms with Crippen molar-refractivity contribution in [3.05, 3.63) is 65.0 Å². The minimum Gasteiger partial charge on any atom is -0.285 e. The molecule has 1 unspecified atom stereocenters. The number of aryl methyl sites for hydroxylation is 1. The van der Waals surface area contributed by atoms with Crippen LogP contribution in [0.3, 0.4) is 0 Å². The molecule has 0 fully saturated rings. The Kier molecular flexibility index (Phi) is 2.76. The van der Waals surface area contributed by atoms with Crippen LogP contribution in [0.1, 0.15) is 27.5 Å². The summed E-state index contributed by atoms with van der Waals surface area (Å²) in [7, 11) is 0. The zero-order chi connectivity index (χ0) is 14.3. The Morgan fingerprint density at radius 1 is 1.25 bits per heavy atom. The number of fused-ring (bicyclic) bond motifs is 1. The summed E-state index contributed by atoms with van der Waals surface area (Å²) in [6.07, 6.45) is 0. The van der Waals surface area contributed by atoms with E-state index in [0.29, 0.717) is 11.1 Å². The normalized spacial score (nSPS) is 16.9. The highest BCUT2D eigenvalue weighted by Gasteiger charge is 2.38. The Hall–Kier alpha value is -2.67. The number of nitrogens with zero attached hydrogens (tertiary/aromatic N) is 2. The van der Waals surface area contributed by atoms with E-state index in [4.69, 9.17) is 0 Å². The third-order valence-electron chi connectivity index (χ3n) is 3.44. The first-order valence-electron chi connectivity index (χ1n) is 6.21. The number of amides is 1. The third-order valence-corrected chi connectivity index (χ3v) is 3.44. The molecule has 1 amide bonds. The lowest BCUT2D eigenvalue weighted by molar-refractivity contribution is 0.0993. The lowest BCUT2D eigenvalue weighted by Crippen LogP contribution is -2.27. The summed E-state index contributed by atoms with van der Waals surface area (Å²) in [6, 6.07) is 12.6. The number of hydrogen-bond donors (Lipinski definition) is 0. The minimum atomic E-state index is -0.783. The van der Waals surface area contributed by atoms with Crippen LogP contribution in [0.2, 0.25) is 0 Å². The smallest absolute Gasteiger partial charge is 0.260 e. The topological polar surface area (TPSA) is 44.1 Å². The number of halogens is 1. The Bertz CT molecular complexity index is 748. The second kappa shape index (κ2) is 4.46. The Labute approximate surface area is 115 Å². The van der Waals surface area contributed by atoms with E-state index in [1.165, 1.54) is 17.0 Å². The number of carbonyl (C=O) groups excluding carboxylic acids is 1. The van der Waals surface area contributed by atoms with Crippen LogP contribution in [0, 0.1) is 24.1 Å². The van der Waals surface area contributed by atoms with Crippen LogP contribution in [0.4, 0.5) is 10.1 Å². The molecule has 98 valence electrons. The van der Waals surface area contributed by atoms with E-state index in [1.54, 1.807) is 18.2 Å². The molecule has 2 aromatic carbocycles. The summed E-state index contributed by atoms with van der Waals surface area (Å²) in [5.74, 6) is -0.845. The fourth-order valence-corrected chi connectivity index (χ4v) is 2.51. The Morgan fingerprint density at radius 3 is 2.70 bits per heavy atom. The predicted molar refractivity (Wildman–Crippen MR) is 72.7 cm³/mol. The minimum absolute atomic E-state index is 0.137. The van der Waals surface area contributed by atoms with E-state index < -0.39 is 11.9 Å². The third kappa shape index (κ3) is 1.68. The SMILES string of the molecule is Cc1ccc2c(c1)C(C#N)N(c1ccccc1F)C2=O. The molecule has 0 aromatic heterocycles. The molecular formula is C16H11FN2O. The number of para-hydroxylation sites is 1. The predicted octanol–water partition coefficient (Wildman–Crippen LogP) is 3.36. The molecule has 0 N–H and O–H groups in total. The fourth-order valence-electron chi connectivity index (χ4n) is 2.51. The van der Waals surface area contributed by atoms with Crippen LogP contribution in [0.5, 0.6) is 0 Å². The summed E-state index contributed by atoms with van der Waals surface area (Å²) in [5, 5.41) is 9.38. The van der Waals surface area contributed by atoms with Crippen LogP contribution in [-0.4, -0.2) is 5.91 Å². The molecule has 3 rings (SSSR count). The van der Waals surface area contributed by atoms with Crippen molar-refractivity contribution in [3.8, 4) is 6.07 Å². The zero-order valence-corrected chi connectivity index (χ0v) is 10.8. The molecular weight excluding hydrogens is 255 g/mol. The van der Waals surface area contributed by atoms with Gasteiger partial charge in [0.25, 0.3) is 5.91 Å². The van der Waals surface area contributed by atoms with Gasteiger partial charge >= 0.3 is 0 Å². The molecule has 0 radical (unpaired) electrons. The molecule has 0 saturated carbocycles. The Balaban J connectivity index is 2.18. The molecule has 0 saturated heterocycles. The highest BCUT2D eigenvalue weighted by molar-refractivity contribution is 6.11. The number of hydrogen-bond acceptors (Lipinski definition) is 2. The lowest BCUT2D eigenvalue weighted by atomic mass is 10.0. The van der Waals surface area contributed by atoms with Crippen molar-refractivity contribution in [2.75, 3.05) is 4.90 Å². The van der Waals surface area contributed by atoms with Gasteiger partial charge in [0.1, 0.15) is 5.82 Å². The average molecular weight is 266 g/mol. The lowest BCUT2D eigenvalue weighted by Gasteiger charge is -2.20. The van der Waals surface area contributed by atoms with E-state index in [2.05, 4.69) is 6.07 Å². The molecule has 0 spiro atoms. The first-order chi connectivity index (χ1) is 9.63. The molecule has 4 heteroatoms. The van der Waals surface area contributed by atoms with Crippen LogP contribution in [-0.2, 0) is 0 Å². The van der Waals surface area contributed by atoms with Crippen molar-refractivity contribution in [2.45, 2.75) is 13.0 Å². The van der Waals surface area contributed by atoms with Crippen LogP contribution >= 0.6 is 0 Å². The van der Waals surface area contributed by atoms with Crippen molar-refractivity contribution >= 4 is 11.6 Å². The number of carbonyl (C=O) groups is 1. The Morgan fingerprint density at radius 2 is 2.00 bits per heavy atom. The molecule has 20 heavy (non-hydrogen) atoms. The number of anilines is 1. The van der Waals surface area contributed by atoms with E-state index >= 15 is 0 Å². The maximum atomic E-state index is 13.9. The van der Waals surface area contributed by atoms with E-state index in [-0.39, 0.29) is 11.6 Å². The standard InChI is InChI=1S/C16H11FN2O/c1-10-6-7-11-12(8-10)15(9-18)19(16(11)20)14-5-3-2-4-13(14)17/h2-8,15H,1H3. The van der Waals surface area contributed by atoms with Gasteiger partial charge in [-0.25, -0.2) is 4.39 Å². The van der Waals surface area contributed by atoms with Crippen LogP contribution in [0.15, 0.2) is 42.5 Å². The molecule has 2 aromatic rings. The van der Waals surface area contributed by atoms with Gasteiger partial charge in [-0.1, -0.05) is 29.8 Å². The van der Waals surface area contributed by atoms with E-state index in [9.17, 15) is 14.4 Å². The zero-order valence-electron chi connectivity index (χ0n) is 10.8. The van der Waals surface area contributed by atoms with Gasteiger partial charge in [0.05, 0.1) is 11.8 Å². The first kappa shape index (κ1) is 12.4. The molecule has 3 nitrogen and oxygen atoms in total. The van der Waals surface area contributed by atoms with Crippen molar-refractivity contribution in [3.63, 3.8) is 0 Å². The van der Waals surface area contributed by atoms with Crippen molar-refractivity contribution in [2.24, 2.45) is 0 Å². The van der Waals surface area contributed by atoms with E-state index in [0.717, 1.165) is 5.56 Å². The fraction of sp³-hybridized carbons (Fsp3) is 0.125. The summed E-state index contributed by atoms with van der Waals surface area (Å²) >= 11 is 0.